The summed E-state index contributed by atoms with van der Waals surface area (Å²) >= 11 is 4.02. The van der Waals surface area contributed by atoms with Crippen molar-refractivity contribution in [2.45, 2.75) is 69.6 Å². The van der Waals surface area contributed by atoms with Gasteiger partial charge in [0, 0.05) is 11.3 Å². The van der Waals surface area contributed by atoms with E-state index < -0.39 is 5.97 Å². The minimum absolute atomic E-state index is 0.280. The van der Waals surface area contributed by atoms with Crippen molar-refractivity contribution in [1.29, 1.82) is 0 Å². The molecular formula is C17H28O3S. The highest BCUT2D eigenvalue weighted by atomic mass is 32.1. The van der Waals surface area contributed by atoms with Crippen LogP contribution in [0.2, 0.25) is 0 Å². The quantitative estimate of drug-likeness (QED) is 0.429. The molecule has 0 heterocycles. The fourth-order valence-corrected chi connectivity index (χ4v) is 2.01. The summed E-state index contributed by atoms with van der Waals surface area (Å²) in [7, 11) is 0. The minimum Gasteiger partial charge on any atom is -0.508 e. The van der Waals surface area contributed by atoms with Crippen LogP contribution in [0.15, 0.2) is 29.2 Å². The molecule has 0 saturated carbocycles. The number of aromatic hydroxyl groups is 1. The smallest absolute Gasteiger partial charge is 0.303 e. The summed E-state index contributed by atoms with van der Waals surface area (Å²) < 4.78 is 0. The maximum absolute atomic E-state index is 10.2. The first-order valence-corrected chi connectivity index (χ1v) is 8.20. The molecule has 0 bridgehead atoms. The van der Waals surface area contributed by atoms with Crippen molar-refractivity contribution in [1.82, 2.24) is 0 Å². The van der Waals surface area contributed by atoms with Gasteiger partial charge in [0.1, 0.15) is 5.75 Å². The van der Waals surface area contributed by atoms with Crippen molar-refractivity contribution in [2.24, 2.45) is 0 Å². The number of phenols is 1. The van der Waals surface area contributed by atoms with Crippen LogP contribution in [0.5, 0.6) is 5.75 Å². The topological polar surface area (TPSA) is 57.5 Å². The predicted molar refractivity (Wildman–Crippen MR) is 90.2 cm³/mol. The van der Waals surface area contributed by atoms with Gasteiger partial charge >= 0.3 is 5.97 Å². The Bertz CT molecular complexity index is 342. The zero-order valence-corrected chi connectivity index (χ0v) is 13.8. The standard InChI is InChI=1S/C11H22O2.C6H6OS/c1-2-3-4-5-6-7-8-9-10-11(12)13;7-5-1-3-6(8)4-2-5/h2-10H2,1H3,(H,12,13);1-4,7-8H. The van der Waals surface area contributed by atoms with Crippen LogP contribution in [0.25, 0.3) is 0 Å². The summed E-state index contributed by atoms with van der Waals surface area (Å²) in [5.74, 6) is -0.381. The Balaban J connectivity index is 0.000000423. The summed E-state index contributed by atoms with van der Waals surface area (Å²) in [5, 5.41) is 17.1. The van der Waals surface area contributed by atoms with Gasteiger partial charge in [0.2, 0.25) is 0 Å². The molecule has 21 heavy (non-hydrogen) atoms. The first kappa shape index (κ1) is 19.8. The number of phenolic OH excluding ortho intramolecular Hbond substituents is 1. The molecule has 120 valence electrons. The molecule has 1 aromatic rings. The van der Waals surface area contributed by atoms with E-state index in [1.54, 1.807) is 24.3 Å². The number of benzene rings is 1. The van der Waals surface area contributed by atoms with Crippen molar-refractivity contribution < 1.29 is 15.0 Å². The normalized spacial score (nSPS) is 9.81. The molecule has 0 radical (unpaired) electrons. The number of carbonyl (C=O) groups is 1. The highest BCUT2D eigenvalue weighted by molar-refractivity contribution is 7.80. The van der Waals surface area contributed by atoms with E-state index in [-0.39, 0.29) is 5.75 Å². The highest BCUT2D eigenvalue weighted by Gasteiger charge is 1.96. The van der Waals surface area contributed by atoms with E-state index >= 15 is 0 Å². The Labute approximate surface area is 133 Å². The van der Waals surface area contributed by atoms with Crippen molar-refractivity contribution in [3.05, 3.63) is 24.3 Å². The molecule has 2 N–H and O–H groups in total. The number of thiol groups is 1. The molecule has 0 aliphatic rings. The second kappa shape index (κ2) is 13.8. The van der Waals surface area contributed by atoms with Crippen LogP contribution in [-0.2, 0) is 4.79 Å². The van der Waals surface area contributed by atoms with E-state index in [0.29, 0.717) is 6.42 Å². The van der Waals surface area contributed by atoms with Gasteiger partial charge in [-0.25, -0.2) is 0 Å². The Morgan fingerprint density at radius 2 is 1.43 bits per heavy atom. The van der Waals surface area contributed by atoms with E-state index in [4.69, 9.17) is 10.2 Å². The monoisotopic (exact) mass is 312 g/mol. The fraction of sp³-hybridized carbons (Fsp3) is 0.588. The molecule has 3 nitrogen and oxygen atoms in total. The number of hydrogen-bond donors (Lipinski definition) is 3. The molecule has 1 aromatic carbocycles. The first-order valence-electron chi connectivity index (χ1n) is 7.76. The van der Waals surface area contributed by atoms with Gasteiger partial charge in [-0.15, -0.1) is 12.6 Å². The maximum Gasteiger partial charge on any atom is 0.303 e. The number of unbranched alkanes of at least 4 members (excludes halogenated alkanes) is 7. The molecule has 0 fully saturated rings. The second-order valence-corrected chi connectivity index (χ2v) is 5.65. The van der Waals surface area contributed by atoms with Gasteiger partial charge in [0.05, 0.1) is 0 Å². The van der Waals surface area contributed by atoms with Gasteiger partial charge < -0.3 is 10.2 Å². The number of hydrogen-bond acceptors (Lipinski definition) is 3. The van der Waals surface area contributed by atoms with E-state index in [0.717, 1.165) is 17.7 Å². The van der Waals surface area contributed by atoms with Crippen molar-refractivity contribution in [2.75, 3.05) is 0 Å². The van der Waals surface area contributed by atoms with Gasteiger partial charge in [0.25, 0.3) is 0 Å². The van der Waals surface area contributed by atoms with Crippen LogP contribution in [0.3, 0.4) is 0 Å². The average Bonchev–Trinajstić information content (AvgIpc) is 2.45. The van der Waals surface area contributed by atoms with Crippen LogP contribution < -0.4 is 0 Å². The third-order valence-corrected chi connectivity index (χ3v) is 3.39. The number of carboxylic acids is 1. The Hall–Kier alpha value is -1.16. The summed E-state index contributed by atoms with van der Waals surface area (Å²) in [4.78, 5) is 11.0. The Morgan fingerprint density at radius 3 is 1.86 bits per heavy atom. The van der Waals surface area contributed by atoms with Crippen molar-refractivity contribution >= 4 is 18.6 Å². The zero-order valence-electron chi connectivity index (χ0n) is 12.9. The molecule has 4 heteroatoms. The van der Waals surface area contributed by atoms with E-state index in [2.05, 4.69) is 19.6 Å². The second-order valence-electron chi connectivity index (χ2n) is 5.14. The number of aliphatic carboxylic acids is 1. The van der Waals surface area contributed by atoms with Crippen LogP contribution in [0, 0.1) is 0 Å². The van der Waals surface area contributed by atoms with Gasteiger partial charge in [0.15, 0.2) is 0 Å². The summed E-state index contributed by atoms with van der Waals surface area (Å²) in [6.07, 6.45) is 10.1. The zero-order chi connectivity index (χ0) is 15.9. The van der Waals surface area contributed by atoms with Gasteiger partial charge in [-0.3, -0.25) is 4.79 Å². The number of carboxylic acid groups (broad SMARTS) is 1. The first-order chi connectivity index (χ1) is 10.1. The van der Waals surface area contributed by atoms with Gasteiger partial charge in [-0.05, 0) is 30.7 Å². The maximum atomic E-state index is 10.2. The van der Waals surface area contributed by atoms with Crippen LogP contribution in [-0.4, -0.2) is 16.2 Å². The lowest BCUT2D eigenvalue weighted by molar-refractivity contribution is -0.137. The van der Waals surface area contributed by atoms with Gasteiger partial charge in [-0.1, -0.05) is 51.9 Å². The molecule has 0 saturated heterocycles. The Morgan fingerprint density at radius 1 is 0.952 bits per heavy atom. The summed E-state index contributed by atoms with van der Waals surface area (Å²) in [5.41, 5.74) is 0. The SMILES string of the molecule is CCCCCCCCCCC(=O)O.Oc1ccc(S)cc1. The van der Waals surface area contributed by atoms with Crippen molar-refractivity contribution in [3.8, 4) is 5.75 Å². The Kier molecular flexibility index (Phi) is 13.0. The molecule has 0 amide bonds. The molecule has 0 aliphatic carbocycles. The fourth-order valence-electron chi connectivity index (χ4n) is 1.86. The van der Waals surface area contributed by atoms with E-state index in [1.807, 2.05) is 0 Å². The highest BCUT2D eigenvalue weighted by Crippen LogP contribution is 2.11. The molecule has 0 spiro atoms. The molecule has 0 atom stereocenters. The molecular weight excluding hydrogens is 284 g/mol. The van der Waals surface area contributed by atoms with Crippen LogP contribution in [0.4, 0.5) is 0 Å². The molecule has 0 aliphatic heterocycles. The largest absolute Gasteiger partial charge is 0.508 e. The van der Waals surface area contributed by atoms with Crippen LogP contribution >= 0.6 is 12.6 Å². The molecule has 1 rings (SSSR count). The molecule has 0 unspecified atom stereocenters. The van der Waals surface area contributed by atoms with Crippen LogP contribution in [0.1, 0.15) is 64.7 Å². The lowest BCUT2D eigenvalue weighted by Gasteiger charge is -1.99. The number of rotatable bonds is 9. The lowest BCUT2D eigenvalue weighted by Crippen LogP contribution is -1.93. The third kappa shape index (κ3) is 15.1. The summed E-state index contributed by atoms with van der Waals surface area (Å²) in [6, 6.07) is 6.67. The summed E-state index contributed by atoms with van der Waals surface area (Å²) in [6.45, 7) is 2.22. The van der Waals surface area contributed by atoms with E-state index in [1.165, 1.54) is 38.5 Å². The average molecular weight is 312 g/mol. The van der Waals surface area contributed by atoms with Crippen molar-refractivity contribution in [3.63, 3.8) is 0 Å². The molecule has 0 aromatic heterocycles. The lowest BCUT2D eigenvalue weighted by atomic mass is 10.1. The van der Waals surface area contributed by atoms with Gasteiger partial charge in [-0.2, -0.15) is 0 Å². The van der Waals surface area contributed by atoms with E-state index in [9.17, 15) is 4.79 Å². The minimum atomic E-state index is -0.661. The third-order valence-electron chi connectivity index (χ3n) is 3.09. The predicted octanol–water partition coefficient (Wildman–Crippen LogP) is 5.28.